The van der Waals surface area contributed by atoms with Crippen LogP contribution in [0.5, 0.6) is 5.75 Å². The highest BCUT2D eigenvalue weighted by atomic mass is 19.1. The number of nitrogens with two attached hydrogens (primary N) is 1. The van der Waals surface area contributed by atoms with Gasteiger partial charge in [-0.15, -0.1) is 0 Å². The van der Waals surface area contributed by atoms with Crippen LogP contribution in [-0.4, -0.2) is 30.9 Å². The number of halogens is 1. The van der Waals surface area contributed by atoms with Crippen LogP contribution in [0.3, 0.4) is 0 Å². The Hall–Kier alpha value is -3.75. The third-order valence-corrected chi connectivity index (χ3v) is 5.84. The molecule has 0 fully saturated rings. The van der Waals surface area contributed by atoms with Crippen molar-refractivity contribution in [3.63, 3.8) is 0 Å². The Morgan fingerprint density at radius 2 is 1.89 bits per heavy atom. The topological polar surface area (TPSA) is 96.8 Å². The maximum absolute atomic E-state index is 15.2. The minimum Gasteiger partial charge on any atom is -0.489 e. The molecule has 8 heteroatoms. The molecule has 7 nitrogen and oxygen atoms in total. The summed E-state index contributed by atoms with van der Waals surface area (Å²) < 4.78 is 37.2. The third kappa shape index (κ3) is 5.56. The number of carbonyl (C=O) groups is 1. The number of nitrogens with zero attached hydrogens (tertiary/aromatic N) is 1. The van der Waals surface area contributed by atoms with Crippen LogP contribution < -0.4 is 10.5 Å². The molecular weight excluding hydrogens is 463 g/mol. The highest BCUT2D eigenvalue weighted by molar-refractivity contribution is 5.94. The van der Waals surface area contributed by atoms with Crippen LogP contribution in [0.2, 0.25) is 0 Å². The first-order valence-corrected chi connectivity index (χ1v) is 11.7. The average Bonchev–Trinajstić information content (AvgIpc) is 3.24. The molecule has 4 rings (SSSR count). The molecule has 1 heterocycles. The number of aryl methyl sites for hydroxylation is 1. The monoisotopic (exact) mass is 492 g/mol. The van der Waals surface area contributed by atoms with Gasteiger partial charge in [0.2, 0.25) is 0 Å². The number of ether oxygens (including phenoxy) is 3. The molecule has 2 N–H and O–H groups in total. The number of hydrogen-bond donors (Lipinski definition) is 1. The molecule has 0 aliphatic carbocycles. The normalized spacial score (nSPS) is 12.0. The van der Waals surface area contributed by atoms with Crippen LogP contribution in [0.25, 0.3) is 22.1 Å². The van der Waals surface area contributed by atoms with Crippen molar-refractivity contribution in [3.05, 3.63) is 82.8 Å². The van der Waals surface area contributed by atoms with Crippen molar-refractivity contribution >= 4 is 16.9 Å². The quantitative estimate of drug-likeness (QED) is 0.308. The smallest absolute Gasteiger partial charge is 0.310 e. The molecule has 0 saturated carbocycles. The predicted octanol–water partition coefficient (Wildman–Crippen LogP) is 5.10. The van der Waals surface area contributed by atoms with Gasteiger partial charge in [0.25, 0.3) is 0 Å². The number of benzene rings is 3. The largest absolute Gasteiger partial charge is 0.489 e. The zero-order chi connectivity index (χ0) is 25.7. The number of aromatic nitrogens is 1. The summed E-state index contributed by atoms with van der Waals surface area (Å²) in [5, 5.41) is 4.84. The van der Waals surface area contributed by atoms with Crippen molar-refractivity contribution in [2.24, 2.45) is 5.73 Å². The first-order valence-electron chi connectivity index (χ1n) is 11.7. The summed E-state index contributed by atoms with van der Waals surface area (Å²) in [4.78, 5) is 12.4. The van der Waals surface area contributed by atoms with Gasteiger partial charge in [-0.1, -0.05) is 41.6 Å². The average molecular weight is 493 g/mol. The molecule has 0 bridgehead atoms. The Kier molecular flexibility index (Phi) is 7.97. The van der Waals surface area contributed by atoms with Gasteiger partial charge in [-0.3, -0.25) is 4.79 Å². The van der Waals surface area contributed by atoms with E-state index >= 15 is 4.39 Å². The minimum atomic E-state index is -0.389. The number of esters is 1. The first-order chi connectivity index (χ1) is 17.4. The first kappa shape index (κ1) is 25.3. The predicted molar refractivity (Wildman–Crippen MR) is 134 cm³/mol. The molecule has 0 aliphatic heterocycles. The summed E-state index contributed by atoms with van der Waals surface area (Å²) in [5.74, 6) is -0.191. The molecule has 0 amide bonds. The fourth-order valence-corrected chi connectivity index (χ4v) is 4.09. The molecule has 1 unspecified atom stereocenters. The Morgan fingerprint density at radius 3 is 2.67 bits per heavy atom. The summed E-state index contributed by atoms with van der Waals surface area (Å²) in [5.41, 5.74) is 9.78. The van der Waals surface area contributed by atoms with Gasteiger partial charge in [0.05, 0.1) is 18.7 Å². The van der Waals surface area contributed by atoms with E-state index in [1.807, 2.05) is 37.3 Å². The number of para-hydroxylation sites is 1. The zero-order valence-electron chi connectivity index (χ0n) is 20.5. The molecule has 36 heavy (non-hydrogen) atoms. The van der Waals surface area contributed by atoms with E-state index in [4.69, 9.17) is 24.5 Å². The maximum Gasteiger partial charge on any atom is 0.310 e. The van der Waals surface area contributed by atoms with Gasteiger partial charge in [-0.05, 0) is 37.6 Å². The fourth-order valence-electron chi connectivity index (χ4n) is 4.09. The second-order valence-corrected chi connectivity index (χ2v) is 8.60. The van der Waals surface area contributed by atoms with Gasteiger partial charge >= 0.3 is 5.97 Å². The fraction of sp³-hybridized carbons (Fsp3) is 0.286. The number of hydrogen-bond acceptors (Lipinski definition) is 7. The standard InChI is InChI=1S/C28H29FN2O5/c1-17(15-33-3)35-26(32)13-20-7-4-5-10-25(20)34-16-19-11-23-18(2)31-36-28(23)24(12-19)22-9-6-8-21(14-30)27(22)29/h4-12,17H,13-16,30H2,1-3H3. The van der Waals surface area contributed by atoms with E-state index < -0.39 is 0 Å². The van der Waals surface area contributed by atoms with Crippen LogP contribution in [0.4, 0.5) is 4.39 Å². The van der Waals surface area contributed by atoms with Crippen molar-refractivity contribution in [3.8, 4) is 16.9 Å². The SMILES string of the molecule is COCC(C)OC(=O)Cc1ccccc1OCc1cc(-c2cccc(CN)c2F)c2onc(C)c2c1. The molecule has 0 saturated heterocycles. The summed E-state index contributed by atoms with van der Waals surface area (Å²) in [7, 11) is 1.56. The van der Waals surface area contributed by atoms with Gasteiger partial charge < -0.3 is 24.5 Å². The number of methoxy groups -OCH3 is 1. The summed E-state index contributed by atoms with van der Waals surface area (Å²) in [6.07, 6.45) is -0.276. The van der Waals surface area contributed by atoms with E-state index in [1.165, 1.54) is 0 Å². The van der Waals surface area contributed by atoms with Gasteiger partial charge in [-0.2, -0.15) is 0 Å². The summed E-state index contributed by atoms with van der Waals surface area (Å²) >= 11 is 0. The lowest BCUT2D eigenvalue weighted by atomic mass is 9.97. The van der Waals surface area contributed by atoms with E-state index in [-0.39, 0.29) is 37.5 Å². The van der Waals surface area contributed by atoms with Crippen LogP contribution in [-0.2, 0) is 33.8 Å². The van der Waals surface area contributed by atoms with Crippen LogP contribution >= 0.6 is 0 Å². The van der Waals surface area contributed by atoms with Gasteiger partial charge in [0.15, 0.2) is 5.58 Å². The lowest BCUT2D eigenvalue weighted by molar-refractivity contribution is -0.149. The Bertz CT molecular complexity index is 1370. The zero-order valence-corrected chi connectivity index (χ0v) is 20.5. The molecule has 0 radical (unpaired) electrons. The van der Waals surface area contributed by atoms with E-state index in [0.29, 0.717) is 45.9 Å². The van der Waals surface area contributed by atoms with Crippen molar-refractivity contribution in [1.29, 1.82) is 0 Å². The third-order valence-electron chi connectivity index (χ3n) is 5.84. The van der Waals surface area contributed by atoms with Gasteiger partial charge in [0, 0.05) is 41.3 Å². The van der Waals surface area contributed by atoms with E-state index in [0.717, 1.165) is 10.9 Å². The molecule has 3 aromatic carbocycles. The molecule has 0 aliphatic rings. The van der Waals surface area contributed by atoms with Crippen molar-refractivity contribution in [2.45, 2.75) is 39.5 Å². The van der Waals surface area contributed by atoms with Crippen LogP contribution in [0.15, 0.2) is 59.1 Å². The molecule has 1 atom stereocenters. The molecule has 4 aromatic rings. The summed E-state index contributed by atoms with van der Waals surface area (Å²) in [6, 6.07) is 16.2. The van der Waals surface area contributed by atoms with Crippen LogP contribution in [0.1, 0.15) is 29.3 Å². The Morgan fingerprint density at radius 1 is 1.11 bits per heavy atom. The van der Waals surface area contributed by atoms with Gasteiger partial charge in [0.1, 0.15) is 24.3 Å². The van der Waals surface area contributed by atoms with E-state index in [9.17, 15) is 4.79 Å². The van der Waals surface area contributed by atoms with Crippen LogP contribution in [0, 0.1) is 12.7 Å². The Balaban J connectivity index is 1.61. The van der Waals surface area contributed by atoms with E-state index in [2.05, 4.69) is 5.16 Å². The number of fused-ring (bicyclic) bond motifs is 1. The summed E-state index contributed by atoms with van der Waals surface area (Å²) in [6.45, 7) is 4.21. The molecule has 188 valence electrons. The number of rotatable bonds is 10. The van der Waals surface area contributed by atoms with E-state index in [1.54, 1.807) is 38.3 Å². The molecule has 1 aromatic heterocycles. The second-order valence-electron chi connectivity index (χ2n) is 8.60. The lowest BCUT2D eigenvalue weighted by Gasteiger charge is -2.15. The van der Waals surface area contributed by atoms with Crippen molar-refractivity contribution in [1.82, 2.24) is 5.16 Å². The Labute approximate surface area is 208 Å². The highest BCUT2D eigenvalue weighted by Crippen LogP contribution is 2.35. The molecule has 0 spiro atoms. The van der Waals surface area contributed by atoms with Crippen molar-refractivity contribution < 1.29 is 27.9 Å². The second kappa shape index (κ2) is 11.3. The maximum atomic E-state index is 15.2. The lowest BCUT2D eigenvalue weighted by Crippen LogP contribution is -2.21. The molecular formula is C28H29FN2O5. The van der Waals surface area contributed by atoms with Crippen molar-refractivity contribution in [2.75, 3.05) is 13.7 Å². The highest BCUT2D eigenvalue weighted by Gasteiger charge is 2.18. The number of carbonyl (C=O) groups excluding carboxylic acids is 1. The van der Waals surface area contributed by atoms with Gasteiger partial charge in [-0.25, -0.2) is 4.39 Å². The minimum absolute atomic E-state index is 0.0658.